The second-order valence-corrected chi connectivity index (χ2v) is 46.5. The lowest BCUT2D eigenvalue weighted by Gasteiger charge is -2.36. The molecule has 4 heterocycles. The minimum Gasteiger partial charge on any atom is -0.507 e. The van der Waals surface area contributed by atoms with Gasteiger partial charge < -0.3 is 27.5 Å². The van der Waals surface area contributed by atoms with Crippen LogP contribution < -0.4 is 4.74 Å². The maximum Gasteiger partial charge on any atom is 0.192 e. The predicted octanol–water partition coefficient (Wildman–Crippen LogP) is 17.6. The van der Waals surface area contributed by atoms with Crippen molar-refractivity contribution in [2.45, 2.75) is 176 Å². The zero-order chi connectivity index (χ0) is 55.2. The van der Waals surface area contributed by atoms with Gasteiger partial charge in [0.15, 0.2) is 44.9 Å². The first-order valence-electron chi connectivity index (χ1n) is 25.1. The first kappa shape index (κ1) is 65.7. The molecule has 0 saturated heterocycles. The Balaban J connectivity index is 0.000000331. The zero-order valence-corrected chi connectivity index (χ0v) is 56.2. The van der Waals surface area contributed by atoms with Crippen molar-refractivity contribution in [1.29, 1.82) is 0 Å². The molecular weight excluding hydrogens is 1190 g/mol. The van der Waals surface area contributed by atoms with E-state index in [-0.39, 0.29) is 28.3 Å². The molecule has 412 valence electrons. The largest absolute Gasteiger partial charge is 0.507 e. The van der Waals surface area contributed by atoms with E-state index in [2.05, 4.69) is 193 Å². The zero-order valence-electron chi connectivity index (χ0n) is 47.5. The van der Waals surface area contributed by atoms with Gasteiger partial charge in [-0.25, -0.2) is 19.3 Å². The van der Waals surface area contributed by atoms with E-state index in [0.29, 0.717) is 42.7 Å². The summed E-state index contributed by atoms with van der Waals surface area (Å²) in [6, 6.07) is 19.4. The molecule has 0 aliphatic heterocycles. The molecular formula is C55H89Br3N6O6Si4. The van der Waals surface area contributed by atoms with Crippen molar-refractivity contribution in [1.82, 2.24) is 29.5 Å². The molecule has 2 aromatic carbocycles. The molecule has 4 aromatic heterocycles. The highest BCUT2D eigenvalue weighted by Gasteiger charge is 2.39. The van der Waals surface area contributed by atoms with Gasteiger partial charge in [-0.1, -0.05) is 150 Å². The average Bonchev–Trinajstić information content (AvgIpc) is 3.90. The lowest BCUT2D eigenvalue weighted by molar-refractivity contribution is 0.205. The number of nitrogens with zero attached hydrogens (tertiary/aromatic N) is 6. The van der Waals surface area contributed by atoms with Crippen LogP contribution in [0.15, 0.2) is 82.0 Å². The molecule has 0 fully saturated rings. The molecule has 0 bridgehead atoms. The van der Waals surface area contributed by atoms with E-state index in [4.69, 9.17) is 32.4 Å². The van der Waals surface area contributed by atoms with Crippen molar-refractivity contribution in [3.05, 3.63) is 93.4 Å². The van der Waals surface area contributed by atoms with Crippen LogP contribution in [0.5, 0.6) is 11.5 Å². The van der Waals surface area contributed by atoms with Crippen LogP contribution in [-0.4, -0.2) is 93.1 Å². The summed E-state index contributed by atoms with van der Waals surface area (Å²) in [6.07, 6.45) is 3.49. The maximum atomic E-state index is 10.1. The third-order valence-corrected chi connectivity index (χ3v) is 34.3. The molecule has 0 atom stereocenters. The highest BCUT2D eigenvalue weighted by Crippen LogP contribution is 2.40. The number of phenolic OH excluding ortho intramolecular Hbond substituents is 1. The number of aromatic nitrogens is 6. The molecule has 0 radical (unpaired) electrons. The molecule has 19 heteroatoms. The first-order chi connectivity index (χ1) is 33.4. The van der Waals surface area contributed by atoms with Gasteiger partial charge in [0.1, 0.15) is 18.1 Å². The minimum atomic E-state index is -1.86. The summed E-state index contributed by atoms with van der Waals surface area (Å²) < 4.78 is 36.2. The van der Waals surface area contributed by atoms with Gasteiger partial charge in [-0.15, -0.1) is 0 Å². The summed E-state index contributed by atoms with van der Waals surface area (Å²) in [7, 11) is -6.95. The number of benzene rings is 2. The molecule has 0 saturated carbocycles. The molecule has 12 nitrogen and oxygen atoms in total. The van der Waals surface area contributed by atoms with Crippen LogP contribution in [0.3, 0.4) is 0 Å². The number of alkyl halides is 1. The third-order valence-electron chi connectivity index (χ3n) is 15.0. The monoisotopic (exact) mass is 1280 g/mol. The SMILES string of the molecule is C.CC(C)(C)[Si](C)(C)OCCBr.CC(C)(C)[Si](C)(C)OCCOc1cc(Br)cc2c1cnn2-c1cccc(CO[Si](C)(C)C(C)(C)C)n1.CC(C)(C)[Si](C)(C)OCc1cccc(-n2ncc3c(O)cc(Br)cc32)n1. The molecule has 0 unspecified atom stereocenters. The normalized spacial score (nSPS) is 13.0. The third kappa shape index (κ3) is 17.5. The Bertz CT molecular complexity index is 2760. The van der Waals surface area contributed by atoms with Crippen LogP contribution >= 0.6 is 47.8 Å². The smallest absolute Gasteiger partial charge is 0.192 e. The summed E-state index contributed by atoms with van der Waals surface area (Å²) in [4.78, 5) is 9.57. The van der Waals surface area contributed by atoms with Crippen LogP contribution in [0, 0.1) is 0 Å². The Kier molecular flexibility index (Phi) is 23.0. The number of hydrogen-bond acceptors (Lipinski definition) is 10. The lowest BCUT2D eigenvalue weighted by atomic mass is 10.2. The van der Waals surface area contributed by atoms with E-state index in [9.17, 15) is 5.11 Å². The summed E-state index contributed by atoms with van der Waals surface area (Å²) in [6.45, 7) is 47.8. The number of fused-ring (bicyclic) bond motifs is 2. The van der Waals surface area contributed by atoms with E-state index in [1.807, 2.05) is 65.5 Å². The van der Waals surface area contributed by atoms with Gasteiger partial charge in [0, 0.05) is 20.9 Å². The minimum absolute atomic E-state index is 0. The average molecular weight is 1280 g/mol. The number of ether oxygens (including phenoxy) is 1. The highest BCUT2D eigenvalue weighted by atomic mass is 79.9. The Morgan fingerprint density at radius 1 is 0.514 bits per heavy atom. The second-order valence-electron chi connectivity index (χ2n) is 24.6. The van der Waals surface area contributed by atoms with Gasteiger partial charge in [-0.3, -0.25) is 0 Å². The fraction of sp³-hybridized carbons (Fsp3) is 0.564. The number of pyridine rings is 2. The molecule has 0 aliphatic carbocycles. The number of aromatic hydroxyl groups is 1. The van der Waals surface area contributed by atoms with Crippen molar-refractivity contribution in [2.75, 3.05) is 25.2 Å². The predicted molar refractivity (Wildman–Crippen MR) is 331 cm³/mol. The first-order valence-corrected chi connectivity index (χ1v) is 39.5. The van der Waals surface area contributed by atoms with Gasteiger partial charge in [0.05, 0.1) is 65.4 Å². The molecule has 1 N–H and O–H groups in total. The molecule has 0 amide bonds. The van der Waals surface area contributed by atoms with Crippen LogP contribution in [-0.2, 0) is 30.9 Å². The van der Waals surface area contributed by atoms with E-state index in [1.165, 1.54) is 0 Å². The summed E-state index contributed by atoms with van der Waals surface area (Å²) in [5, 5.41) is 22.6. The van der Waals surface area contributed by atoms with Crippen LogP contribution in [0.4, 0.5) is 0 Å². The van der Waals surface area contributed by atoms with Gasteiger partial charge >= 0.3 is 0 Å². The topological polar surface area (TPSA) is 128 Å². The summed E-state index contributed by atoms with van der Waals surface area (Å²) >= 11 is 10.4. The second kappa shape index (κ2) is 25.9. The fourth-order valence-electron chi connectivity index (χ4n) is 6.07. The van der Waals surface area contributed by atoms with E-state index in [0.717, 1.165) is 60.3 Å². The van der Waals surface area contributed by atoms with Crippen molar-refractivity contribution in [3.8, 4) is 23.1 Å². The Morgan fingerprint density at radius 2 is 0.892 bits per heavy atom. The van der Waals surface area contributed by atoms with Crippen molar-refractivity contribution in [2.24, 2.45) is 0 Å². The molecule has 0 spiro atoms. The van der Waals surface area contributed by atoms with Gasteiger partial charge in [-0.2, -0.15) is 10.2 Å². The Labute approximate surface area is 474 Å². The summed E-state index contributed by atoms with van der Waals surface area (Å²) in [5.41, 5.74) is 3.50. The molecule has 74 heavy (non-hydrogen) atoms. The Morgan fingerprint density at radius 3 is 1.31 bits per heavy atom. The van der Waals surface area contributed by atoms with E-state index < -0.39 is 33.3 Å². The standard InChI is InChI=1S/C27H42BrN3O3Si2.C19H24BrN3O2Si.C8H19BrOSi.CH4/c1-26(2,3)35(7,8)33-15-14-32-24-17-20(28)16-23-22(24)18-29-31(23)25-13-11-12-21(30-25)19-34-36(9,10)27(4,5)6;1-19(2,3)26(4,5)25-12-14-7-6-8-18(22-14)23-16-9-13(20)10-17(24)15(16)11-21-23;1-8(2,3)11(4,5)10-7-6-9;/h11-13,16-18H,14-15,19H2,1-10H3;6-11,24H,12H2,1-5H3;6-7H2,1-5H3;1H4. The van der Waals surface area contributed by atoms with Crippen molar-refractivity contribution < 1.29 is 27.5 Å². The van der Waals surface area contributed by atoms with Crippen LogP contribution in [0.2, 0.25) is 72.5 Å². The molecule has 6 aromatic rings. The quantitative estimate of drug-likeness (QED) is 0.0568. The number of halogens is 3. The fourth-order valence-corrected chi connectivity index (χ4v) is 11.3. The molecule has 0 aliphatic rings. The molecule has 6 rings (SSSR count). The van der Waals surface area contributed by atoms with Gasteiger partial charge in [0.2, 0.25) is 0 Å². The highest BCUT2D eigenvalue weighted by molar-refractivity contribution is 9.10. The van der Waals surface area contributed by atoms with Crippen molar-refractivity contribution in [3.63, 3.8) is 0 Å². The summed E-state index contributed by atoms with van der Waals surface area (Å²) in [5.74, 6) is 2.43. The van der Waals surface area contributed by atoms with E-state index >= 15 is 0 Å². The number of phenols is 1. The number of rotatable bonds is 16. The van der Waals surface area contributed by atoms with E-state index in [1.54, 1.807) is 16.9 Å². The van der Waals surface area contributed by atoms with Gasteiger partial charge in [-0.05, 0) is 121 Å². The Hall–Kier alpha value is -2.57. The van der Waals surface area contributed by atoms with Crippen LogP contribution in [0.25, 0.3) is 33.4 Å². The van der Waals surface area contributed by atoms with Gasteiger partial charge in [0.25, 0.3) is 0 Å². The lowest BCUT2D eigenvalue weighted by Crippen LogP contribution is -2.41. The van der Waals surface area contributed by atoms with Crippen LogP contribution in [0.1, 0.15) is 102 Å². The number of hydrogen-bond donors (Lipinski definition) is 1. The maximum absolute atomic E-state index is 10.1. The van der Waals surface area contributed by atoms with Crippen molar-refractivity contribution >= 4 is 103 Å².